The van der Waals surface area contributed by atoms with Crippen molar-refractivity contribution < 1.29 is 13.2 Å². The predicted molar refractivity (Wildman–Crippen MR) is 97.0 cm³/mol. The van der Waals surface area contributed by atoms with Crippen molar-refractivity contribution in [2.24, 2.45) is 0 Å². The summed E-state index contributed by atoms with van der Waals surface area (Å²) in [6, 6.07) is 11.5. The Hall–Kier alpha value is -2.31. The molecule has 134 valence electrons. The van der Waals surface area contributed by atoms with Gasteiger partial charge in [0.1, 0.15) is 11.0 Å². The topological polar surface area (TPSA) is 37.8 Å². The van der Waals surface area contributed by atoms with Crippen molar-refractivity contribution in [2.45, 2.75) is 13.1 Å². The summed E-state index contributed by atoms with van der Waals surface area (Å²) in [5, 5.41) is 3.71. The van der Waals surface area contributed by atoms with Crippen LogP contribution in [-0.4, -0.2) is 9.97 Å². The van der Waals surface area contributed by atoms with Crippen molar-refractivity contribution >= 4 is 34.7 Å². The third kappa shape index (κ3) is 4.26. The van der Waals surface area contributed by atoms with Gasteiger partial charge in [0.15, 0.2) is 5.82 Å². The van der Waals surface area contributed by atoms with Gasteiger partial charge in [-0.25, -0.2) is 9.97 Å². The van der Waals surface area contributed by atoms with Crippen LogP contribution in [0, 0.1) is 6.92 Å². The van der Waals surface area contributed by atoms with E-state index in [1.54, 1.807) is 6.07 Å². The van der Waals surface area contributed by atoms with Crippen LogP contribution in [0.2, 0.25) is 10.2 Å². The minimum Gasteiger partial charge on any atom is -0.339 e. The molecule has 0 saturated heterocycles. The molecule has 3 rings (SSSR count). The zero-order valence-electron chi connectivity index (χ0n) is 13.4. The number of rotatable bonds is 3. The van der Waals surface area contributed by atoms with E-state index in [9.17, 15) is 13.2 Å². The SMILES string of the molecule is Cc1ccc(Cl)c(Nc2cc(Cl)nc(-c3ccc(C(F)(F)F)cc3)n2)c1. The molecule has 0 radical (unpaired) electrons. The van der Waals surface area contributed by atoms with Crippen LogP contribution in [0.5, 0.6) is 0 Å². The number of benzene rings is 2. The predicted octanol–water partition coefficient (Wildman–Crippen LogP) is 6.52. The Kier molecular flexibility index (Phi) is 5.07. The van der Waals surface area contributed by atoms with E-state index in [1.165, 1.54) is 18.2 Å². The van der Waals surface area contributed by atoms with Gasteiger partial charge in [0.2, 0.25) is 0 Å². The second-order valence-corrected chi connectivity index (χ2v) is 6.38. The summed E-state index contributed by atoms with van der Waals surface area (Å²) in [5.74, 6) is 0.588. The van der Waals surface area contributed by atoms with Gasteiger partial charge in [-0.3, -0.25) is 0 Å². The van der Waals surface area contributed by atoms with Crippen LogP contribution < -0.4 is 5.32 Å². The summed E-state index contributed by atoms with van der Waals surface area (Å²) >= 11 is 12.2. The monoisotopic (exact) mass is 397 g/mol. The molecule has 0 atom stereocenters. The molecule has 1 N–H and O–H groups in total. The van der Waals surface area contributed by atoms with E-state index < -0.39 is 11.7 Å². The second-order valence-electron chi connectivity index (χ2n) is 5.58. The van der Waals surface area contributed by atoms with Crippen LogP contribution in [0.1, 0.15) is 11.1 Å². The number of nitrogens with zero attached hydrogens (tertiary/aromatic N) is 2. The number of nitrogens with one attached hydrogen (secondary N) is 1. The molecule has 1 aromatic heterocycles. The standard InChI is InChI=1S/C18H12Cl2F3N3/c1-10-2-7-13(19)14(8-10)24-16-9-15(20)25-17(26-16)11-3-5-12(6-4-11)18(21,22)23/h2-9H,1H3,(H,24,25,26). The lowest BCUT2D eigenvalue weighted by molar-refractivity contribution is -0.137. The molecule has 0 aliphatic carbocycles. The number of hydrogen-bond donors (Lipinski definition) is 1. The van der Waals surface area contributed by atoms with Gasteiger partial charge in [-0.1, -0.05) is 41.4 Å². The first-order valence-electron chi connectivity index (χ1n) is 7.48. The summed E-state index contributed by atoms with van der Waals surface area (Å²) in [5.41, 5.74) is 1.31. The Morgan fingerprint density at radius 1 is 0.923 bits per heavy atom. The average molecular weight is 398 g/mol. The van der Waals surface area contributed by atoms with Gasteiger partial charge in [-0.15, -0.1) is 0 Å². The number of hydrogen-bond acceptors (Lipinski definition) is 3. The van der Waals surface area contributed by atoms with Crippen molar-refractivity contribution in [2.75, 3.05) is 5.32 Å². The van der Waals surface area contributed by atoms with Gasteiger partial charge in [0, 0.05) is 11.6 Å². The largest absolute Gasteiger partial charge is 0.416 e. The summed E-state index contributed by atoms with van der Waals surface area (Å²) in [6.07, 6.45) is -4.40. The lowest BCUT2D eigenvalue weighted by Crippen LogP contribution is -2.04. The molecule has 0 unspecified atom stereocenters. The Morgan fingerprint density at radius 3 is 2.27 bits per heavy atom. The smallest absolute Gasteiger partial charge is 0.339 e. The minimum absolute atomic E-state index is 0.154. The average Bonchev–Trinajstić information content (AvgIpc) is 2.57. The molecular formula is C18H12Cl2F3N3. The first-order chi connectivity index (χ1) is 12.2. The lowest BCUT2D eigenvalue weighted by atomic mass is 10.1. The van der Waals surface area contributed by atoms with Gasteiger partial charge >= 0.3 is 6.18 Å². The highest BCUT2D eigenvalue weighted by Gasteiger charge is 2.30. The quantitative estimate of drug-likeness (QED) is 0.511. The fourth-order valence-electron chi connectivity index (χ4n) is 2.29. The van der Waals surface area contributed by atoms with Crippen LogP contribution in [0.25, 0.3) is 11.4 Å². The fourth-order valence-corrected chi connectivity index (χ4v) is 2.64. The van der Waals surface area contributed by atoms with Gasteiger partial charge in [0.05, 0.1) is 16.3 Å². The molecule has 1 heterocycles. The molecule has 0 amide bonds. The molecular weight excluding hydrogens is 386 g/mol. The number of aromatic nitrogens is 2. The number of anilines is 2. The lowest BCUT2D eigenvalue weighted by Gasteiger charge is -2.11. The fraction of sp³-hybridized carbons (Fsp3) is 0.111. The van der Waals surface area contributed by atoms with Crippen LogP contribution >= 0.6 is 23.2 Å². The van der Waals surface area contributed by atoms with Crippen LogP contribution in [0.15, 0.2) is 48.5 Å². The van der Waals surface area contributed by atoms with Crippen molar-refractivity contribution in [1.29, 1.82) is 0 Å². The van der Waals surface area contributed by atoms with Crippen LogP contribution in [0.4, 0.5) is 24.7 Å². The zero-order chi connectivity index (χ0) is 18.9. The number of halogens is 5. The molecule has 8 heteroatoms. The third-order valence-corrected chi connectivity index (χ3v) is 4.07. The van der Waals surface area contributed by atoms with Gasteiger partial charge in [-0.2, -0.15) is 13.2 Å². The Morgan fingerprint density at radius 2 is 1.62 bits per heavy atom. The summed E-state index contributed by atoms with van der Waals surface area (Å²) < 4.78 is 38.1. The van der Waals surface area contributed by atoms with Crippen molar-refractivity contribution in [3.63, 3.8) is 0 Å². The highest BCUT2D eigenvalue weighted by molar-refractivity contribution is 6.33. The van der Waals surface area contributed by atoms with E-state index >= 15 is 0 Å². The van der Waals surface area contributed by atoms with Gasteiger partial charge in [0.25, 0.3) is 0 Å². The summed E-state index contributed by atoms with van der Waals surface area (Å²) in [4.78, 5) is 8.39. The number of aryl methyl sites for hydroxylation is 1. The van der Waals surface area contributed by atoms with Gasteiger partial charge in [-0.05, 0) is 36.8 Å². The Balaban J connectivity index is 1.94. The van der Waals surface area contributed by atoms with E-state index in [0.29, 0.717) is 22.1 Å². The van der Waals surface area contributed by atoms with Crippen LogP contribution in [-0.2, 0) is 6.18 Å². The number of alkyl halides is 3. The molecule has 0 fully saturated rings. The first-order valence-corrected chi connectivity index (χ1v) is 8.23. The highest BCUT2D eigenvalue weighted by Crippen LogP contribution is 2.31. The maximum absolute atomic E-state index is 12.7. The molecule has 26 heavy (non-hydrogen) atoms. The molecule has 2 aromatic carbocycles. The van der Waals surface area contributed by atoms with E-state index in [-0.39, 0.29) is 11.0 Å². The summed E-state index contributed by atoms with van der Waals surface area (Å²) in [7, 11) is 0. The summed E-state index contributed by atoms with van der Waals surface area (Å²) in [6.45, 7) is 1.92. The van der Waals surface area contributed by atoms with E-state index in [4.69, 9.17) is 23.2 Å². The zero-order valence-corrected chi connectivity index (χ0v) is 14.9. The molecule has 0 saturated carbocycles. The Bertz CT molecular complexity index is 941. The molecule has 3 aromatic rings. The molecule has 0 aliphatic rings. The normalized spacial score (nSPS) is 11.5. The van der Waals surface area contributed by atoms with Crippen molar-refractivity contribution in [3.8, 4) is 11.4 Å². The maximum Gasteiger partial charge on any atom is 0.416 e. The van der Waals surface area contributed by atoms with Crippen molar-refractivity contribution in [3.05, 3.63) is 69.8 Å². The molecule has 3 nitrogen and oxygen atoms in total. The van der Waals surface area contributed by atoms with E-state index in [1.807, 2.05) is 19.1 Å². The second kappa shape index (κ2) is 7.13. The van der Waals surface area contributed by atoms with Gasteiger partial charge < -0.3 is 5.32 Å². The van der Waals surface area contributed by atoms with E-state index in [2.05, 4.69) is 15.3 Å². The minimum atomic E-state index is -4.40. The highest BCUT2D eigenvalue weighted by atomic mass is 35.5. The van der Waals surface area contributed by atoms with Crippen LogP contribution in [0.3, 0.4) is 0 Å². The molecule has 0 spiro atoms. The first kappa shape index (κ1) is 18.5. The third-order valence-electron chi connectivity index (χ3n) is 3.55. The van der Waals surface area contributed by atoms with Crippen molar-refractivity contribution in [1.82, 2.24) is 9.97 Å². The maximum atomic E-state index is 12.7. The van der Waals surface area contributed by atoms with E-state index in [0.717, 1.165) is 17.7 Å². The molecule has 0 bridgehead atoms. The molecule has 0 aliphatic heterocycles. The Labute approximate surface area is 157 Å².